The minimum Gasteiger partial charge on any atom is -0.390 e. The Labute approximate surface area is 296 Å². The number of carbonyl (C=O) groups is 2. The zero-order valence-corrected chi connectivity index (χ0v) is 30.1. The van der Waals surface area contributed by atoms with Crippen LogP contribution in [0.2, 0.25) is 0 Å². The number of amides is 2. The zero-order chi connectivity index (χ0) is 37.5. The van der Waals surface area contributed by atoms with E-state index in [0.29, 0.717) is 19.3 Å². The Morgan fingerprint density at radius 2 is 1.62 bits per heavy atom. The molecule has 1 fully saturated rings. The molecule has 1 aliphatic rings. The fourth-order valence-corrected chi connectivity index (χ4v) is 7.23. The second kappa shape index (κ2) is 24.9. The van der Waals surface area contributed by atoms with Crippen molar-refractivity contribution in [1.82, 2.24) is 19.8 Å². The van der Waals surface area contributed by atoms with Crippen molar-refractivity contribution in [2.45, 2.75) is 94.9 Å². The monoisotopic (exact) mass is 728 g/mol. The molecule has 1 aromatic carbocycles. The van der Waals surface area contributed by atoms with Crippen molar-refractivity contribution < 1.29 is 41.4 Å². The van der Waals surface area contributed by atoms with Crippen LogP contribution in [0, 0.1) is 36.5 Å². The average Bonchev–Trinajstić information content (AvgIpc) is 3.10. The molecule has 1 aliphatic carbocycles. The number of alkyl halides is 3. The summed E-state index contributed by atoms with van der Waals surface area (Å²) in [7, 11) is -1.04. The highest BCUT2D eigenvalue weighted by Gasteiger charge is 2.35. The molecule has 0 spiro atoms. The summed E-state index contributed by atoms with van der Waals surface area (Å²) >= 11 is 0. The lowest BCUT2D eigenvalue weighted by atomic mass is 9.82. The Morgan fingerprint density at radius 3 is 2.20 bits per heavy atom. The Balaban J connectivity index is 0.00000401. The van der Waals surface area contributed by atoms with E-state index in [-0.39, 0.29) is 38.3 Å². The van der Waals surface area contributed by atoms with Crippen LogP contribution >= 0.6 is 0 Å². The maximum atomic E-state index is 13.7. The van der Waals surface area contributed by atoms with E-state index in [2.05, 4.69) is 22.5 Å². The topological polar surface area (TPSA) is 139 Å². The summed E-state index contributed by atoms with van der Waals surface area (Å²) in [5, 5.41) is 27.4. The summed E-state index contributed by atoms with van der Waals surface area (Å²) in [6.45, 7) is -2.28. The maximum absolute atomic E-state index is 13.7. The van der Waals surface area contributed by atoms with Gasteiger partial charge in [-0.3, -0.25) is 14.5 Å². The van der Waals surface area contributed by atoms with Crippen LogP contribution in [0.15, 0.2) is 30.3 Å². The highest BCUT2D eigenvalue weighted by molar-refractivity contribution is 7.89. The summed E-state index contributed by atoms with van der Waals surface area (Å²) in [4.78, 5) is 28.7. The summed E-state index contributed by atoms with van der Waals surface area (Å²) in [6, 6.07) is 6.94. The molecule has 2 amide bonds. The summed E-state index contributed by atoms with van der Waals surface area (Å²) in [5.74, 6) is 2.28. The molecular formula is C36H55F3N4O6S. The van der Waals surface area contributed by atoms with Crippen molar-refractivity contribution in [3.05, 3.63) is 35.9 Å². The van der Waals surface area contributed by atoms with Crippen LogP contribution in [0.3, 0.4) is 0 Å². The van der Waals surface area contributed by atoms with Gasteiger partial charge in [0.05, 0.1) is 29.9 Å². The first kappa shape index (κ1) is 44.9. The number of terminal acetylenes is 2. The molecule has 2 rings (SSSR count). The first-order valence-corrected chi connectivity index (χ1v) is 18.6. The highest BCUT2D eigenvalue weighted by Crippen LogP contribution is 2.29. The number of hydrogen-bond acceptors (Lipinski definition) is 7. The average molecular weight is 729 g/mol. The first-order chi connectivity index (χ1) is 23.8. The van der Waals surface area contributed by atoms with E-state index < -0.39 is 71.5 Å². The first-order valence-electron chi connectivity index (χ1n) is 17.0. The van der Waals surface area contributed by atoms with Gasteiger partial charge >= 0.3 is 0 Å². The van der Waals surface area contributed by atoms with Gasteiger partial charge in [0.15, 0.2) is 0 Å². The molecule has 0 heterocycles. The Hall–Kier alpha value is -3.14. The van der Waals surface area contributed by atoms with Crippen LogP contribution in [0.1, 0.15) is 69.8 Å². The quantitative estimate of drug-likeness (QED) is 0.0866. The van der Waals surface area contributed by atoms with Crippen LogP contribution in [0.5, 0.6) is 0 Å². The molecule has 5 atom stereocenters. The van der Waals surface area contributed by atoms with Gasteiger partial charge in [-0.2, -0.15) is 0 Å². The van der Waals surface area contributed by atoms with Gasteiger partial charge < -0.3 is 20.8 Å². The van der Waals surface area contributed by atoms with E-state index in [1.165, 1.54) is 19.0 Å². The van der Waals surface area contributed by atoms with Gasteiger partial charge in [-0.05, 0) is 44.2 Å². The molecule has 0 saturated heterocycles. The van der Waals surface area contributed by atoms with Crippen LogP contribution in [-0.4, -0.2) is 111 Å². The molecular weight excluding hydrogens is 673 g/mol. The molecule has 14 heteroatoms. The van der Waals surface area contributed by atoms with E-state index in [1.807, 2.05) is 6.07 Å². The number of hydrogen-bond donors (Lipinski definition) is 4. The predicted octanol–water partition coefficient (Wildman–Crippen LogP) is 3.34. The fourth-order valence-electron chi connectivity index (χ4n) is 5.84. The van der Waals surface area contributed by atoms with Crippen molar-refractivity contribution >= 4 is 21.8 Å². The Bertz CT molecular complexity index is 1300. The largest absolute Gasteiger partial charge is 0.390 e. The summed E-state index contributed by atoms with van der Waals surface area (Å²) in [6.07, 6.45) is 15.3. The molecule has 0 aliphatic heterocycles. The lowest BCUT2D eigenvalue weighted by molar-refractivity contribution is -0.132. The van der Waals surface area contributed by atoms with Gasteiger partial charge in [-0.15, -0.1) is 24.7 Å². The zero-order valence-electron chi connectivity index (χ0n) is 29.3. The van der Waals surface area contributed by atoms with Gasteiger partial charge in [0, 0.05) is 33.0 Å². The van der Waals surface area contributed by atoms with Crippen molar-refractivity contribution in [1.29, 1.82) is 0 Å². The number of nitrogens with zero attached hydrogens (tertiary/aromatic N) is 2. The smallest absolute Gasteiger partial charge is 0.243 e. The van der Waals surface area contributed by atoms with Gasteiger partial charge in [0.1, 0.15) is 12.8 Å². The van der Waals surface area contributed by atoms with Gasteiger partial charge in [0.2, 0.25) is 28.8 Å². The summed E-state index contributed by atoms with van der Waals surface area (Å²) in [5.41, 5.74) is 0.732. The molecule has 0 bridgehead atoms. The second-order valence-electron chi connectivity index (χ2n) is 12.8. The number of nitrogens with one attached hydrogen (secondary N) is 2. The van der Waals surface area contributed by atoms with E-state index in [0.717, 1.165) is 42.0 Å². The van der Waals surface area contributed by atoms with Crippen molar-refractivity contribution in [2.24, 2.45) is 11.8 Å². The van der Waals surface area contributed by atoms with Crippen LogP contribution in [0.4, 0.5) is 13.2 Å². The molecule has 1 saturated carbocycles. The second-order valence-corrected chi connectivity index (χ2v) is 14.9. The highest BCUT2D eigenvalue weighted by atomic mass is 32.2. The minimum atomic E-state index is -3.95. The third-order valence-corrected chi connectivity index (χ3v) is 10.8. The van der Waals surface area contributed by atoms with Crippen LogP contribution in [-0.2, 0) is 26.0 Å². The van der Waals surface area contributed by atoms with Crippen molar-refractivity contribution in [3.8, 4) is 24.7 Å². The van der Waals surface area contributed by atoms with Crippen LogP contribution < -0.4 is 10.6 Å². The molecule has 1 aromatic rings. The number of likely N-dealkylation sites (N-methyl/N-ethyl adjacent to an activating group) is 2. The number of aliphatic hydroxyl groups excluding tert-OH is 2. The van der Waals surface area contributed by atoms with Gasteiger partial charge in [-0.25, -0.2) is 25.9 Å². The normalized spacial score (nSPS) is 16.5. The molecule has 4 unspecified atom stereocenters. The molecule has 4 N–H and O–H groups in total. The van der Waals surface area contributed by atoms with Gasteiger partial charge in [0.25, 0.3) is 0 Å². The molecule has 0 radical (unpaired) electrons. The van der Waals surface area contributed by atoms with Crippen LogP contribution in [0.25, 0.3) is 0 Å². The Kier molecular flexibility index (Phi) is 22.4. The van der Waals surface area contributed by atoms with Gasteiger partial charge in [-0.1, -0.05) is 62.4 Å². The number of aliphatic hydroxyl groups is 2. The molecule has 50 heavy (non-hydrogen) atoms. The number of sulfonamides is 1. The van der Waals surface area contributed by atoms with Crippen molar-refractivity contribution in [2.75, 3.05) is 46.7 Å². The molecule has 282 valence electrons. The SMILES string of the molecule is C#CCCCC(O)C(O)C(CC1CCCCC1)NC(=O)[C@H](CC#C)NC(=O)C(Cc1ccccc1)CS(=O)(=O)N(C)CCN(C)CF.FCF. The minimum absolute atomic E-state index is 0.0316. The van der Waals surface area contributed by atoms with E-state index >= 15 is 0 Å². The molecule has 10 nitrogen and oxygen atoms in total. The molecule has 0 aromatic heterocycles. The Morgan fingerprint density at radius 1 is 0.980 bits per heavy atom. The lowest BCUT2D eigenvalue weighted by Gasteiger charge is -2.33. The number of benzene rings is 1. The number of rotatable bonds is 21. The standard InChI is InChI=1S/C35H53FN4O6S.CH2F2/c1-5-7-10-20-32(41)33(42)31(24-28-18-13-9-14-19-28)38-35(44)30(15-6-2)37-34(43)29(23-27-16-11-8-12-17-27)25-47(45,46)40(4)22-21-39(3)26-36;2-1-3/h1-2,8,11-12,16-17,28-33,41-42H,7,9-10,13-15,18-26H2,3-4H3,(H,37,43)(H,38,44);1H2/t29?,30-,31?,32?,33?;/m0./s1. The number of halogens is 3. The summed E-state index contributed by atoms with van der Waals surface area (Å²) < 4.78 is 59.9. The fraction of sp³-hybridized carbons (Fsp3) is 0.667. The lowest BCUT2D eigenvalue weighted by Crippen LogP contribution is -2.56. The third-order valence-electron chi connectivity index (χ3n) is 8.81. The van der Waals surface area contributed by atoms with E-state index in [9.17, 15) is 41.4 Å². The maximum Gasteiger partial charge on any atom is 0.243 e. The number of unbranched alkanes of at least 4 members (excludes halogenated alkanes) is 1. The third kappa shape index (κ3) is 17.2. The van der Waals surface area contributed by atoms with E-state index in [4.69, 9.17) is 12.8 Å². The van der Waals surface area contributed by atoms with E-state index in [1.54, 1.807) is 24.3 Å². The number of carbonyl (C=O) groups excluding carboxylic acids is 2. The van der Waals surface area contributed by atoms with Crippen molar-refractivity contribution in [3.63, 3.8) is 0 Å². The predicted molar refractivity (Wildman–Crippen MR) is 189 cm³/mol.